The molecule has 0 bridgehead atoms. The van der Waals surface area contributed by atoms with Crippen molar-refractivity contribution in [2.45, 2.75) is 83.5 Å². The molecule has 2 rings (SSSR count). The maximum Gasteiger partial charge on any atom is 0.408 e. The topological polar surface area (TPSA) is 87.7 Å². The van der Waals surface area contributed by atoms with Crippen molar-refractivity contribution in [2.75, 3.05) is 12.3 Å². The second-order valence-electron chi connectivity index (χ2n) is 9.17. The zero-order valence-electron chi connectivity index (χ0n) is 19.6. The molecule has 0 aliphatic heterocycles. The molecule has 1 aromatic carbocycles. The number of carbonyl (C=O) groups excluding carboxylic acids is 3. The van der Waals surface area contributed by atoms with E-state index >= 15 is 0 Å². The van der Waals surface area contributed by atoms with E-state index in [1.165, 1.54) is 0 Å². The number of amides is 3. The van der Waals surface area contributed by atoms with Crippen LogP contribution in [0.5, 0.6) is 0 Å². The summed E-state index contributed by atoms with van der Waals surface area (Å²) in [7, 11) is 0. The van der Waals surface area contributed by atoms with Crippen LogP contribution in [0, 0.1) is 0 Å². The molecule has 0 spiro atoms. The van der Waals surface area contributed by atoms with Crippen LogP contribution >= 0.6 is 12.6 Å². The lowest BCUT2D eigenvalue weighted by Gasteiger charge is -2.34. The largest absolute Gasteiger partial charge is 0.444 e. The van der Waals surface area contributed by atoms with Crippen molar-refractivity contribution in [2.24, 2.45) is 0 Å². The number of thiol groups is 1. The summed E-state index contributed by atoms with van der Waals surface area (Å²) in [4.78, 5) is 40.8. The van der Waals surface area contributed by atoms with Crippen LogP contribution < -0.4 is 10.6 Å². The molecule has 0 saturated heterocycles. The van der Waals surface area contributed by atoms with Crippen molar-refractivity contribution < 1.29 is 19.1 Å². The van der Waals surface area contributed by atoms with E-state index in [1.54, 1.807) is 25.7 Å². The molecule has 1 saturated carbocycles. The third-order valence-electron chi connectivity index (χ3n) is 5.09. The van der Waals surface area contributed by atoms with Crippen molar-refractivity contribution in [3.05, 3.63) is 35.9 Å². The predicted molar refractivity (Wildman–Crippen MR) is 129 cm³/mol. The van der Waals surface area contributed by atoms with Gasteiger partial charge in [0.05, 0.1) is 0 Å². The number of benzene rings is 1. The van der Waals surface area contributed by atoms with E-state index in [4.69, 9.17) is 4.74 Å². The number of alkyl carbamates (subject to hydrolysis) is 1. The summed E-state index contributed by atoms with van der Waals surface area (Å²) in [6, 6.07) is 7.61. The van der Waals surface area contributed by atoms with Crippen LogP contribution in [-0.4, -0.2) is 52.8 Å². The van der Waals surface area contributed by atoms with E-state index in [2.05, 4.69) is 30.2 Å². The first kappa shape index (κ1) is 26.0. The van der Waals surface area contributed by atoms with Gasteiger partial charge in [0, 0.05) is 18.3 Å². The molecule has 0 radical (unpaired) electrons. The van der Waals surface area contributed by atoms with Gasteiger partial charge in [-0.05, 0) is 45.6 Å². The molecule has 8 heteroatoms. The van der Waals surface area contributed by atoms with Crippen molar-refractivity contribution in [3.63, 3.8) is 0 Å². The van der Waals surface area contributed by atoms with Crippen molar-refractivity contribution in [1.82, 2.24) is 15.5 Å². The van der Waals surface area contributed by atoms with Crippen LogP contribution in [0.3, 0.4) is 0 Å². The molecule has 7 nitrogen and oxygen atoms in total. The molecule has 2 atom stereocenters. The Balaban J connectivity index is 2.25. The summed E-state index contributed by atoms with van der Waals surface area (Å²) in [5.74, 6) is -0.436. The van der Waals surface area contributed by atoms with Gasteiger partial charge in [0.25, 0.3) is 0 Å². The standard InChI is InChI=1S/C24H37N3O4S/c1-5-6-10-15-25-21(28)20(17-11-8-7-9-12-17)27(18-13-14-18)22(29)19(16-32)26-23(30)31-24(2,3)4/h7-9,11-12,18-20,32H,5-6,10,13-16H2,1-4H3,(H,25,28)(H,26,30). The first-order chi connectivity index (χ1) is 15.2. The number of nitrogens with one attached hydrogen (secondary N) is 2. The lowest BCUT2D eigenvalue weighted by molar-refractivity contribution is -0.142. The molecule has 3 amide bonds. The molecule has 2 unspecified atom stereocenters. The van der Waals surface area contributed by atoms with Crippen LogP contribution in [0.1, 0.15) is 71.4 Å². The molecule has 32 heavy (non-hydrogen) atoms. The summed E-state index contributed by atoms with van der Waals surface area (Å²) < 4.78 is 5.31. The van der Waals surface area contributed by atoms with Gasteiger partial charge in [-0.25, -0.2) is 4.79 Å². The van der Waals surface area contributed by atoms with E-state index in [1.807, 2.05) is 30.3 Å². The SMILES string of the molecule is CCCCCNC(=O)C(c1ccccc1)N(C(=O)C(CS)NC(=O)OC(C)(C)C)C1CC1. The Bertz CT molecular complexity index is 762. The fourth-order valence-corrected chi connectivity index (χ4v) is 3.69. The zero-order chi connectivity index (χ0) is 23.7. The molecule has 1 aliphatic rings. The number of ether oxygens (including phenoxy) is 1. The van der Waals surface area contributed by atoms with Crippen LogP contribution in [0.4, 0.5) is 4.79 Å². The predicted octanol–water partition coefficient (Wildman–Crippen LogP) is 3.85. The summed E-state index contributed by atoms with van der Waals surface area (Å²) in [6.45, 7) is 7.95. The van der Waals surface area contributed by atoms with Gasteiger partial charge < -0.3 is 20.3 Å². The Hall–Kier alpha value is -2.22. The second kappa shape index (κ2) is 12.1. The molecule has 0 aromatic heterocycles. The van der Waals surface area contributed by atoms with Gasteiger partial charge in [0.2, 0.25) is 11.8 Å². The number of hydrogen-bond acceptors (Lipinski definition) is 5. The fraction of sp³-hybridized carbons (Fsp3) is 0.625. The molecule has 2 N–H and O–H groups in total. The minimum Gasteiger partial charge on any atom is -0.444 e. The Morgan fingerprint density at radius 1 is 1.16 bits per heavy atom. The average Bonchev–Trinajstić information content (AvgIpc) is 3.57. The number of nitrogens with zero attached hydrogens (tertiary/aromatic N) is 1. The molecule has 178 valence electrons. The molecular formula is C24H37N3O4S. The quantitative estimate of drug-likeness (QED) is 0.344. The normalized spacial score (nSPS) is 15.4. The monoisotopic (exact) mass is 463 g/mol. The lowest BCUT2D eigenvalue weighted by Crippen LogP contribution is -2.54. The first-order valence-electron chi connectivity index (χ1n) is 11.4. The van der Waals surface area contributed by atoms with E-state index in [0.717, 1.165) is 37.7 Å². The second-order valence-corrected chi connectivity index (χ2v) is 9.53. The van der Waals surface area contributed by atoms with Gasteiger partial charge in [-0.3, -0.25) is 9.59 Å². The molecule has 1 fully saturated rings. The number of carbonyl (C=O) groups is 3. The molecular weight excluding hydrogens is 426 g/mol. The Labute approximate surface area is 197 Å². The van der Waals surface area contributed by atoms with Crippen molar-refractivity contribution in [3.8, 4) is 0 Å². The highest BCUT2D eigenvalue weighted by Crippen LogP contribution is 2.35. The van der Waals surface area contributed by atoms with Gasteiger partial charge in [-0.15, -0.1) is 0 Å². The van der Waals surface area contributed by atoms with Crippen LogP contribution in [-0.2, 0) is 14.3 Å². The number of unbranched alkanes of at least 4 members (excludes halogenated alkanes) is 2. The molecule has 1 aliphatic carbocycles. The Morgan fingerprint density at radius 3 is 2.34 bits per heavy atom. The minimum atomic E-state index is -0.895. The minimum absolute atomic E-state index is 0.0445. The average molecular weight is 464 g/mol. The number of rotatable bonds is 11. The van der Waals surface area contributed by atoms with Gasteiger partial charge in [-0.2, -0.15) is 12.6 Å². The molecule has 1 aromatic rings. The summed E-state index contributed by atoms with van der Waals surface area (Å²) >= 11 is 4.29. The summed E-state index contributed by atoms with van der Waals surface area (Å²) in [6.07, 6.45) is 3.95. The first-order valence-corrected chi connectivity index (χ1v) is 12.1. The third-order valence-corrected chi connectivity index (χ3v) is 5.45. The lowest BCUT2D eigenvalue weighted by atomic mass is 10.0. The number of hydrogen-bond donors (Lipinski definition) is 3. The van der Waals surface area contributed by atoms with Crippen LogP contribution in [0.15, 0.2) is 30.3 Å². The highest BCUT2D eigenvalue weighted by atomic mass is 32.1. The van der Waals surface area contributed by atoms with Gasteiger partial charge in [0.15, 0.2) is 0 Å². The van der Waals surface area contributed by atoms with E-state index in [-0.39, 0.29) is 23.6 Å². The maximum atomic E-state index is 13.6. The summed E-state index contributed by atoms with van der Waals surface area (Å²) in [5, 5.41) is 5.63. The van der Waals surface area contributed by atoms with Gasteiger partial charge in [0.1, 0.15) is 17.7 Å². The highest BCUT2D eigenvalue weighted by Gasteiger charge is 2.43. The van der Waals surface area contributed by atoms with E-state index < -0.39 is 23.8 Å². The smallest absolute Gasteiger partial charge is 0.408 e. The van der Waals surface area contributed by atoms with E-state index in [0.29, 0.717) is 6.54 Å². The highest BCUT2D eigenvalue weighted by molar-refractivity contribution is 7.80. The third kappa shape index (κ3) is 8.04. The van der Waals surface area contributed by atoms with Gasteiger partial charge in [-0.1, -0.05) is 50.1 Å². The Kier molecular flexibility index (Phi) is 9.87. The molecule has 0 heterocycles. The van der Waals surface area contributed by atoms with Crippen LogP contribution in [0.2, 0.25) is 0 Å². The van der Waals surface area contributed by atoms with Gasteiger partial charge >= 0.3 is 6.09 Å². The van der Waals surface area contributed by atoms with Crippen molar-refractivity contribution in [1.29, 1.82) is 0 Å². The maximum absolute atomic E-state index is 13.6. The van der Waals surface area contributed by atoms with Crippen molar-refractivity contribution >= 4 is 30.5 Å². The summed E-state index contributed by atoms with van der Waals surface area (Å²) in [5.41, 5.74) is 0.0611. The Morgan fingerprint density at radius 2 is 1.81 bits per heavy atom. The van der Waals surface area contributed by atoms with Crippen LogP contribution in [0.25, 0.3) is 0 Å². The fourth-order valence-electron chi connectivity index (χ4n) is 3.44. The zero-order valence-corrected chi connectivity index (χ0v) is 20.5. The van der Waals surface area contributed by atoms with E-state index in [9.17, 15) is 14.4 Å².